The van der Waals surface area contributed by atoms with E-state index in [1.165, 1.54) is 0 Å². The fourth-order valence-corrected chi connectivity index (χ4v) is 3.22. The molecule has 0 saturated heterocycles. The summed E-state index contributed by atoms with van der Waals surface area (Å²) in [5.74, 6) is 2.36. The molecule has 0 amide bonds. The number of rotatable bonds is 5. The van der Waals surface area contributed by atoms with Gasteiger partial charge in [0.1, 0.15) is 17.0 Å². The van der Waals surface area contributed by atoms with E-state index in [9.17, 15) is 5.11 Å². The first kappa shape index (κ1) is 17.7. The summed E-state index contributed by atoms with van der Waals surface area (Å²) in [6.07, 6.45) is 1.69. The third kappa shape index (κ3) is 2.89. The molecule has 0 aliphatic carbocycles. The molecule has 0 radical (unpaired) electrons. The minimum atomic E-state index is 0.181. The van der Waals surface area contributed by atoms with E-state index in [4.69, 9.17) is 18.6 Å². The average molecular weight is 377 g/mol. The zero-order valence-electron chi connectivity index (χ0n) is 15.7. The van der Waals surface area contributed by atoms with Gasteiger partial charge >= 0.3 is 0 Å². The molecular weight excluding hydrogens is 358 g/mol. The molecular formula is C22H19NO5. The van der Waals surface area contributed by atoms with Crippen molar-refractivity contribution in [1.82, 2.24) is 4.98 Å². The van der Waals surface area contributed by atoms with Crippen LogP contribution in [0.4, 0.5) is 0 Å². The summed E-state index contributed by atoms with van der Waals surface area (Å²) in [6, 6.07) is 14.4. The first-order chi connectivity index (χ1) is 13.7. The summed E-state index contributed by atoms with van der Waals surface area (Å²) in [4.78, 5) is 4.40. The zero-order chi connectivity index (χ0) is 19.7. The van der Waals surface area contributed by atoms with Crippen LogP contribution in [-0.2, 0) is 0 Å². The van der Waals surface area contributed by atoms with Gasteiger partial charge in [0.15, 0.2) is 17.1 Å². The van der Waals surface area contributed by atoms with Crippen molar-refractivity contribution < 1.29 is 23.7 Å². The molecule has 2 heterocycles. The molecule has 28 heavy (non-hydrogen) atoms. The van der Waals surface area contributed by atoms with Crippen LogP contribution in [0.2, 0.25) is 0 Å². The normalized spacial score (nSPS) is 10.8. The molecule has 4 rings (SSSR count). The molecule has 0 atom stereocenters. The number of hydrogen-bond donors (Lipinski definition) is 1. The highest BCUT2D eigenvalue weighted by Gasteiger charge is 2.18. The molecule has 0 bridgehead atoms. The van der Waals surface area contributed by atoms with Gasteiger partial charge in [-0.1, -0.05) is 18.2 Å². The van der Waals surface area contributed by atoms with Gasteiger partial charge in [-0.15, -0.1) is 0 Å². The number of benzene rings is 2. The van der Waals surface area contributed by atoms with Crippen molar-refractivity contribution in [1.29, 1.82) is 0 Å². The van der Waals surface area contributed by atoms with Gasteiger partial charge in [-0.2, -0.15) is 0 Å². The Balaban J connectivity index is 1.90. The lowest BCUT2D eigenvalue weighted by atomic mass is 10.1. The van der Waals surface area contributed by atoms with E-state index >= 15 is 0 Å². The number of aromatic nitrogens is 1. The lowest BCUT2D eigenvalue weighted by molar-refractivity contribution is 0.324. The monoisotopic (exact) mass is 377 g/mol. The van der Waals surface area contributed by atoms with Gasteiger partial charge in [0.05, 0.1) is 21.3 Å². The van der Waals surface area contributed by atoms with Gasteiger partial charge in [0.2, 0.25) is 5.75 Å². The first-order valence-corrected chi connectivity index (χ1v) is 8.63. The van der Waals surface area contributed by atoms with Crippen molar-refractivity contribution in [2.24, 2.45) is 0 Å². The third-order valence-electron chi connectivity index (χ3n) is 4.56. The Hall–Kier alpha value is -3.67. The zero-order valence-corrected chi connectivity index (χ0v) is 15.7. The third-order valence-corrected chi connectivity index (χ3v) is 4.56. The van der Waals surface area contributed by atoms with Gasteiger partial charge < -0.3 is 23.7 Å². The lowest BCUT2D eigenvalue weighted by Gasteiger charge is -2.13. The summed E-state index contributed by atoms with van der Waals surface area (Å²) >= 11 is 0. The number of ether oxygens (including phenoxy) is 3. The molecule has 0 spiro atoms. The van der Waals surface area contributed by atoms with Gasteiger partial charge in [0, 0.05) is 29.0 Å². The SMILES string of the molecule is COc1cc(-c2cc3nccc(-c4ccccc4O)c3o2)cc(OC)c1OC. The Labute approximate surface area is 161 Å². The Kier molecular flexibility index (Phi) is 4.53. The van der Waals surface area contributed by atoms with Crippen LogP contribution in [0.25, 0.3) is 33.6 Å². The van der Waals surface area contributed by atoms with E-state index in [0.29, 0.717) is 39.7 Å². The van der Waals surface area contributed by atoms with Crippen molar-refractivity contribution in [3.63, 3.8) is 0 Å². The van der Waals surface area contributed by atoms with E-state index in [0.717, 1.165) is 11.1 Å². The van der Waals surface area contributed by atoms with Crippen LogP contribution in [0.3, 0.4) is 0 Å². The Morgan fingerprint density at radius 2 is 1.57 bits per heavy atom. The lowest BCUT2D eigenvalue weighted by Crippen LogP contribution is -1.95. The van der Waals surface area contributed by atoms with Crippen molar-refractivity contribution in [2.45, 2.75) is 0 Å². The van der Waals surface area contributed by atoms with Crippen LogP contribution >= 0.6 is 0 Å². The van der Waals surface area contributed by atoms with Gasteiger partial charge in [-0.05, 0) is 24.3 Å². The average Bonchev–Trinajstić information content (AvgIpc) is 3.17. The van der Waals surface area contributed by atoms with E-state index in [1.807, 2.05) is 36.4 Å². The smallest absolute Gasteiger partial charge is 0.203 e. The number of phenols is 1. The number of furan rings is 1. The molecule has 0 saturated carbocycles. The van der Waals surface area contributed by atoms with Crippen LogP contribution in [0.5, 0.6) is 23.0 Å². The fraction of sp³-hybridized carbons (Fsp3) is 0.136. The number of pyridine rings is 1. The molecule has 4 aromatic rings. The minimum Gasteiger partial charge on any atom is -0.507 e. The van der Waals surface area contributed by atoms with Crippen molar-refractivity contribution in [3.8, 4) is 45.4 Å². The Bertz CT molecular complexity index is 1120. The van der Waals surface area contributed by atoms with Crippen molar-refractivity contribution >= 4 is 11.1 Å². The second kappa shape index (κ2) is 7.15. The maximum Gasteiger partial charge on any atom is 0.203 e. The van der Waals surface area contributed by atoms with E-state index in [-0.39, 0.29) is 5.75 Å². The van der Waals surface area contributed by atoms with Crippen LogP contribution in [0.15, 0.2) is 59.1 Å². The van der Waals surface area contributed by atoms with Gasteiger partial charge in [-0.3, -0.25) is 4.98 Å². The number of fused-ring (bicyclic) bond motifs is 1. The summed E-state index contributed by atoms with van der Waals surface area (Å²) < 4.78 is 22.4. The maximum absolute atomic E-state index is 10.2. The topological polar surface area (TPSA) is 74.0 Å². The number of phenolic OH excluding ortho intramolecular Hbond substituents is 1. The molecule has 1 N–H and O–H groups in total. The summed E-state index contributed by atoms with van der Waals surface area (Å²) in [5.41, 5.74) is 3.48. The quantitative estimate of drug-likeness (QED) is 0.534. The van der Waals surface area contributed by atoms with Crippen molar-refractivity contribution in [2.75, 3.05) is 21.3 Å². The van der Waals surface area contributed by atoms with Crippen LogP contribution in [0.1, 0.15) is 0 Å². The number of hydrogen-bond acceptors (Lipinski definition) is 6. The number of aromatic hydroxyl groups is 1. The number of nitrogens with zero attached hydrogens (tertiary/aromatic N) is 1. The largest absolute Gasteiger partial charge is 0.507 e. The van der Waals surface area contributed by atoms with E-state index < -0.39 is 0 Å². The molecule has 6 nitrogen and oxygen atoms in total. The predicted octanol–water partition coefficient (Wildman–Crippen LogP) is 4.89. The number of para-hydroxylation sites is 1. The molecule has 0 unspecified atom stereocenters. The maximum atomic E-state index is 10.2. The second-order valence-corrected chi connectivity index (χ2v) is 6.11. The molecule has 6 heteroatoms. The highest BCUT2D eigenvalue weighted by molar-refractivity contribution is 5.94. The Morgan fingerprint density at radius 3 is 2.21 bits per heavy atom. The highest BCUT2D eigenvalue weighted by Crippen LogP contribution is 2.43. The van der Waals surface area contributed by atoms with Crippen LogP contribution in [-0.4, -0.2) is 31.4 Å². The predicted molar refractivity (Wildman–Crippen MR) is 106 cm³/mol. The highest BCUT2D eigenvalue weighted by atomic mass is 16.5. The second-order valence-electron chi connectivity index (χ2n) is 6.11. The van der Waals surface area contributed by atoms with Gasteiger partial charge in [-0.25, -0.2) is 0 Å². The summed E-state index contributed by atoms with van der Waals surface area (Å²) in [6.45, 7) is 0. The summed E-state index contributed by atoms with van der Waals surface area (Å²) in [5, 5.41) is 10.2. The molecule has 2 aromatic heterocycles. The fourth-order valence-electron chi connectivity index (χ4n) is 3.22. The molecule has 2 aromatic carbocycles. The first-order valence-electron chi connectivity index (χ1n) is 8.63. The molecule has 0 aliphatic heterocycles. The molecule has 0 fully saturated rings. The Morgan fingerprint density at radius 1 is 0.857 bits per heavy atom. The summed E-state index contributed by atoms with van der Waals surface area (Å²) in [7, 11) is 4.69. The molecule has 142 valence electrons. The van der Waals surface area contributed by atoms with E-state index in [2.05, 4.69) is 4.98 Å². The minimum absolute atomic E-state index is 0.181. The molecule has 0 aliphatic rings. The van der Waals surface area contributed by atoms with Gasteiger partial charge in [0.25, 0.3) is 0 Å². The van der Waals surface area contributed by atoms with Crippen molar-refractivity contribution in [3.05, 3.63) is 54.7 Å². The van der Waals surface area contributed by atoms with Crippen LogP contribution < -0.4 is 14.2 Å². The standard InChI is InChI=1S/C22H19NO5/c1-25-19-10-13(11-20(26-2)22(19)27-3)18-12-16-21(28-18)15(8-9-23-16)14-6-4-5-7-17(14)24/h4-12,24H,1-3H3. The van der Waals surface area contributed by atoms with Crippen LogP contribution in [0, 0.1) is 0 Å². The number of methoxy groups -OCH3 is 3. The van der Waals surface area contributed by atoms with E-state index in [1.54, 1.807) is 39.7 Å².